The molecule has 138 valence electrons. The molecule has 4 heteroatoms. The van der Waals surface area contributed by atoms with Crippen LogP contribution in [-0.2, 0) is 11.2 Å². The van der Waals surface area contributed by atoms with Crippen LogP contribution in [0.4, 0.5) is 5.69 Å². The Morgan fingerprint density at radius 3 is 2.31 bits per heavy atom. The molecule has 0 aliphatic heterocycles. The standard InChI is InChI=1S/C22H27NO2S/c24-22(25)16-13-19-11-14-20(15-12-19)23-17-7-5-3-1-2-4-6-9-21-10-8-18-26-21/h8,10-12,14-15,18,23H,1-7,9,17H2,(H,24,25). The Hall–Kier alpha value is -2.25. The van der Waals surface area contributed by atoms with E-state index in [1.165, 1.54) is 56.2 Å². The van der Waals surface area contributed by atoms with Gasteiger partial charge in [-0.15, -0.1) is 11.3 Å². The van der Waals surface area contributed by atoms with Gasteiger partial charge >= 0.3 is 5.97 Å². The number of nitrogens with one attached hydrogen (secondary N) is 1. The molecule has 0 unspecified atom stereocenters. The van der Waals surface area contributed by atoms with Crippen LogP contribution >= 0.6 is 11.3 Å². The van der Waals surface area contributed by atoms with Crippen molar-refractivity contribution in [3.63, 3.8) is 0 Å². The van der Waals surface area contributed by atoms with E-state index in [1.54, 1.807) is 0 Å². The zero-order chi connectivity index (χ0) is 18.5. The van der Waals surface area contributed by atoms with Crippen LogP contribution < -0.4 is 5.32 Å². The molecule has 0 saturated carbocycles. The van der Waals surface area contributed by atoms with Gasteiger partial charge in [0.1, 0.15) is 0 Å². The molecular weight excluding hydrogens is 342 g/mol. The minimum absolute atomic E-state index is 0.719. The van der Waals surface area contributed by atoms with E-state index in [4.69, 9.17) is 5.11 Å². The van der Waals surface area contributed by atoms with Crippen LogP contribution in [0.5, 0.6) is 0 Å². The molecule has 0 saturated heterocycles. The van der Waals surface area contributed by atoms with Crippen molar-refractivity contribution >= 4 is 23.0 Å². The summed E-state index contributed by atoms with van der Waals surface area (Å²) in [5, 5.41) is 14.1. The third-order valence-electron chi connectivity index (χ3n) is 4.21. The number of unbranched alkanes of at least 4 members (excludes halogenated alkanes) is 6. The van der Waals surface area contributed by atoms with Crippen molar-refractivity contribution in [3.8, 4) is 11.8 Å². The molecule has 0 bridgehead atoms. The summed E-state index contributed by atoms with van der Waals surface area (Å²) in [5.74, 6) is 3.62. The minimum atomic E-state index is -1.10. The van der Waals surface area contributed by atoms with Crippen molar-refractivity contribution in [2.75, 3.05) is 11.9 Å². The largest absolute Gasteiger partial charge is 0.472 e. The molecule has 26 heavy (non-hydrogen) atoms. The number of aliphatic carboxylic acids is 1. The predicted molar refractivity (Wildman–Crippen MR) is 110 cm³/mol. The Balaban J connectivity index is 1.45. The number of carboxylic acid groups (broad SMARTS) is 1. The zero-order valence-corrected chi connectivity index (χ0v) is 16.0. The quantitative estimate of drug-likeness (QED) is 0.402. The summed E-state index contributed by atoms with van der Waals surface area (Å²) in [4.78, 5) is 11.9. The molecule has 0 aliphatic carbocycles. The van der Waals surface area contributed by atoms with E-state index in [1.807, 2.05) is 35.6 Å². The molecule has 0 atom stereocenters. The first-order valence-electron chi connectivity index (χ1n) is 9.35. The monoisotopic (exact) mass is 369 g/mol. The van der Waals surface area contributed by atoms with E-state index < -0.39 is 5.97 Å². The van der Waals surface area contributed by atoms with Crippen LogP contribution in [0, 0.1) is 11.8 Å². The summed E-state index contributed by atoms with van der Waals surface area (Å²) in [5.41, 5.74) is 1.77. The van der Waals surface area contributed by atoms with Gasteiger partial charge in [0.05, 0.1) is 0 Å². The van der Waals surface area contributed by atoms with Gasteiger partial charge in [-0.1, -0.05) is 44.1 Å². The van der Waals surface area contributed by atoms with Gasteiger partial charge in [-0.3, -0.25) is 0 Å². The first-order valence-corrected chi connectivity index (χ1v) is 10.2. The van der Waals surface area contributed by atoms with Crippen LogP contribution in [-0.4, -0.2) is 17.6 Å². The molecule has 0 fully saturated rings. The lowest BCUT2D eigenvalue weighted by atomic mass is 10.1. The molecule has 1 aromatic heterocycles. The molecular formula is C22H27NO2S. The highest BCUT2D eigenvalue weighted by atomic mass is 32.1. The molecule has 0 amide bonds. The van der Waals surface area contributed by atoms with Crippen LogP contribution in [0.15, 0.2) is 41.8 Å². The summed E-state index contributed by atoms with van der Waals surface area (Å²) in [7, 11) is 0. The smallest absolute Gasteiger partial charge is 0.382 e. The van der Waals surface area contributed by atoms with Crippen molar-refractivity contribution in [2.45, 2.75) is 51.4 Å². The number of carboxylic acids is 1. The fraction of sp³-hybridized carbons (Fsp3) is 0.409. The summed E-state index contributed by atoms with van der Waals surface area (Å²) in [6.45, 7) is 0.971. The van der Waals surface area contributed by atoms with Crippen LogP contribution in [0.3, 0.4) is 0 Å². The lowest BCUT2D eigenvalue weighted by Crippen LogP contribution is -2.01. The Labute approximate surface area is 160 Å². The van der Waals surface area contributed by atoms with Gasteiger partial charge in [-0.25, -0.2) is 4.79 Å². The molecule has 2 aromatic rings. The molecule has 0 spiro atoms. The van der Waals surface area contributed by atoms with Gasteiger partial charge in [-0.05, 0) is 55.0 Å². The molecule has 0 aliphatic rings. The fourth-order valence-corrected chi connectivity index (χ4v) is 3.54. The molecule has 3 nitrogen and oxygen atoms in total. The number of hydrogen-bond acceptors (Lipinski definition) is 3. The van der Waals surface area contributed by atoms with Crippen molar-refractivity contribution in [1.29, 1.82) is 0 Å². The maximum absolute atomic E-state index is 10.4. The maximum Gasteiger partial charge on any atom is 0.382 e. The van der Waals surface area contributed by atoms with Gasteiger partial charge in [-0.2, -0.15) is 0 Å². The van der Waals surface area contributed by atoms with Crippen LogP contribution in [0.25, 0.3) is 0 Å². The number of hydrogen-bond donors (Lipinski definition) is 2. The third-order valence-corrected chi connectivity index (χ3v) is 5.14. The van der Waals surface area contributed by atoms with E-state index in [9.17, 15) is 4.79 Å². The van der Waals surface area contributed by atoms with Crippen LogP contribution in [0.2, 0.25) is 0 Å². The Kier molecular flexibility index (Phi) is 9.38. The first kappa shape index (κ1) is 20.1. The van der Waals surface area contributed by atoms with Crippen molar-refractivity contribution in [1.82, 2.24) is 0 Å². The highest BCUT2D eigenvalue weighted by molar-refractivity contribution is 7.09. The number of benzene rings is 1. The highest BCUT2D eigenvalue weighted by Gasteiger charge is 1.96. The van der Waals surface area contributed by atoms with E-state index in [-0.39, 0.29) is 0 Å². The molecule has 2 N–H and O–H groups in total. The number of carbonyl (C=O) groups is 1. The predicted octanol–water partition coefficient (Wildman–Crippen LogP) is 5.57. The molecule has 1 aromatic carbocycles. The maximum atomic E-state index is 10.4. The number of aryl methyl sites for hydroxylation is 1. The Morgan fingerprint density at radius 2 is 1.65 bits per heavy atom. The second-order valence-electron chi connectivity index (χ2n) is 6.36. The Bertz CT molecular complexity index is 696. The second kappa shape index (κ2) is 12.2. The average molecular weight is 370 g/mol. The topological polar surface area (TPSA) is 49.3 Å². The Morgan fingerprint density at radius 1 is 0.962 bits per heavy atom. The lowest BCUT2D eigenvalue weighted by Gasteiger charge is -2.06. The lowest BCUT2D eigenvalue weighted by molar-refractivity contribution is -0.130. The van der Waals surface area contributed by atoms with Crippen LogP contribution in [0.1, 0.15) is 55.4 Å². The van der Waals surface area contributed by atoms with E-state index in [2.05, 4.69) is 34.7 Å². The number of anilines is 1. The summed E-state index contributed by atoms with van der Waals surface area (Å²) in [6, 6.07) is 11.9. The van der Waals surface area contributed by atoms with Gasteiger partial charge in [0.15, 0.2) is 0 Å². The van der Waals surface area contributed by atoms with Gasteiger partial charge in [0, 0.05) is 28.6 Å². The van der Waals surface area contributed by atoms with Gasteiger partial charge in [0.2, 0.25) is 0 Å². The van der Waals surface area contributed by atoms with Crippen molar-refractivity contribution in [2.24, 2.45) is 0 Å². The SMILES string of the molecule is O=C(O)C#Cc1ccc(NCCCCCCCCCc2cccs2)cc1. The van der Waals surface area contributed by atoms with Gasteiger partial charge in [0.25, 0.3) is 0 Å². The zero-order valence-electron chi connectivity index (χ0n) is 15.2. The minimum Gasteiger partial charge on any atom is -0.472 e. The molecule has 0 radical (unpaired) electrons. The van der Waals surface area contributed by atoms with Crippen molar-refractivity contribution < 1.29 is 9.90 Å². The highest BCUT2D eigenvalue weighted by Crippen LogP contribution is 2.14. The first-order chi connectivity index (χ1) is 12.7. The summed E-state index contributed by atoms with van der Waals surface area (Å²) < 4.78 is 0. The van der Waals surface area contributed by atoms with Gasteiger partial charge < -0.3 is 10.4 Å². The fourth-order valence-electron chi connectivity index (χ4n) is 2.79. The summed E-state index contributed by atoms with van der Waals surface area (Å²) in [6.07, 6.45) is 10.3. The van der Waals surface area contributed by atoms with E-state index >= 15 is 0 Å². The third kappa shape index (κ3) is 8.73. The van der Waals surface area contributed by atoms with E-state index in [0.717, 1.165) is 17.8 Å². The van der Waals surface area contributed by atoms with E-state index in [0.29, 0.717) is 0 Å². The summed E-state index contributed by atoms with van der Waals surface area (Å²) >= 11 is 1.87. The molecule has 1 heterocycles. The number of thiophene rings is 1. The normalized spacial score (nSPS) is 10.2. The average Bonchev–Trinajstić information content (AvgIpc) is 3.16. The molecule has 2 rings (SSSR count). The number of rotatable bonds is 11. The second-order valence-corrected chi connectivity index (χ2v) is 7.40. The van der Waals surface area contributed by atoms with Crippen molar-refractivity contribution in [3.05, 3.63) is 52.2 Å².